The van der Waals surface area contributed by atoms with E-state index in [4.69, 9.17) is 5.41 Å². The van der Waals surface area contributed by atoms with E-state index in [0.29, 0.717) is 0 Å². The minimum atomic E-state index is 1.11. The Labute approximate surface area is 98.7 Å². The molecule has 0 amide bonds. The third-order valence-corrected chi connectivity index (χ3v) is 3.07. The van der Waals surface area contributed by atoms with E-state index in [2.05, 4.69) is 44.0 Å². The van der Waals surface area contributed by atoms with Gasteiger partial charge in [0.1, 0.15) is 0 Å². The molecule has 0 aromatic heterocycles. The number of nitrogens with one attached hydrogen (secondary N) is 1. The summed E-state index contributed by atoms with van der Waals surface area (Å²) in [5, 5.41) is 5.50. The lowest BCUT2D eigenvalue weighted by molar-refractivity contribution is 0.680. The van der Waals surface area contributed by atoms with Crippen molar-refractivity contribution in [2.45, 2.75) is 39.0 Å². The van der Waals surface area contributed by atoms with Crippen LogP contribution < -0.4 is 0 Å². The monoisotopic (exact) mass is 215 g/mol. The third kappa shape index (κ3) is 3.06. The molecular formula is C15H21N. The summed E-state index contributed by atoms with van der Waals surface area (Å²) >= 11 is 0. The van der Waals surface area contributed by atoms with Gasteiger partial charge in [-0.3, -0.25) is 0 Å². The maximum atomic E-state index is 5.50. The van der Waals surface area contributed by atoms with E-state index >= 15 is 0 Å². The largest absolute Gasteiger partial charge is 0.317 e. The van der Waals surface area contributed by atoms with Gasteiger partial charge in [-0.25, -0.2) is 0 Å². The number of fused-ring (bicyclic) bond motifs is 1. The first-order valence-electron chi connectivity index (χ1n) is 5.98. The average Bonchev–Trinajstić information content (AvgIpc) is 2.38. The van der Waals surface area contributed by atoms with Crippen LogP contribution in [0.15, 0.2) is 30.4 Å². The molecule has 0 atom stereocenters. The summed E-state index contributed by atoms with van der Waals surface area (Å²) in [5.41, 5.74) is 4.77. The van der Waals surface area contributed by atoms with Gasteiger partial charge in [-0.1, -0.05) is 30.4 Å². The number of rotatable bonds is 2. The van der Waals surface area contributed by atoms with Crippen LogP contribution >= 0.6 is 0 Å². The molecule has 0 heterocycles. The van der Waals surface area contributed by atoms with E-state index in [9.17, 15) is 0 Å². The van der Waals surface area contributed by atoms with Crippen LogP contribution in [-0.2, 0) is 19.3 Å². The molecule has 2 rings (SSSR count). The quantitative estimate of drug-likeness (QED) is 0.570. The summed E-state index contributed by atoms with van der Waals surface area (Å²) < 4.78 is 0. The summed E-state index contributed by atoms with van der Waals surface area (Å²) in [6, 6.07) is 6.79. The van der Waals surface area contributed by atoms with Crippen molar-refractivity contribution < 1.29 is 0 Å². The van der Waals surface area contributed by atoms with Crippen molar-refractivity contribution in [1.29, 1.82) is 5.41 Å². The van der Waals surface area contributed by atoms with Crippen LogP contribution in [0.3, 0.4) is 0 Å². The average molecular weight is 215 g/mol. The van der Waals surface area contributed by atoms with Gasteiger partial charge in [-0.15, -0.1) is 0 Å². The minimum Gasteiger partial charge on any atom is -0.317 e. The molecule has 0 aliphatic heterocycles. The third-order valence-electron chi connectivity index (χ3n) is 3.07. The molecule has 1 nitrogen and oxygen atoms in total. The van der Waals surface area contributed by atoms with Crippen molar-refractivity contribution in [2.24, 2.45) is 0 Å². The van der Waals surface area contributed by atoms with Gasteiger partial charge in [0.05, 0.1) is 0 Å². The fourth-order valence-electron chi connectivity index (χ4n) is 2.30. The van der Waals surface area contributed by atoms with Crippen molar-refractivity contribution in [2.75, 3.05) is 0 Å². The molecule has 1 aromatic carbocycles. The van der Waals surface area contributed by atoms with Crippen LogP contribution in [0.4, 0.5) is 0 Å². The predicted molar refractivity (Wildman–Crippen MR) is 71.4 cm³/mol. The van der Waals surface area contributed by atoms with Gasteiger partial charge >= 0.3 is 0 Å². The fourth-order valence-corrected chi connectivity index (χ4v) is 2.30. The second-order valence-corrected chi connectivity index (χ2v) is 4.04. The molecule has 16 heavy (non-hydrogen) atoms. The van der Waals surface area contributed by atoms with Gasteiger partial charge in [0.2, 0.25) is 0 Å². The SMILES string of the molecule is C/C=C/Cc1cccc2c1CCCC2.C=N. The summed E-state index contributed by atoms with van der Waals surface area (Å²) in [4.78, 5) is 0. The molecule has 0 fully saturated rings. The molecule has 0 saturated carbocycles. The molecule has 1 aliphatic rings. The highest BCUT2D eigenvalue weighted by Gasteiger charge is 2.11. The molecule has 0 bridgehead atoms. The molecule has 86 valence electrons. The first kappa shape index (κ1) is 12.7. The Morgan fingerprint density at radius 2 is 2.00 bits per heavy atom. The highest BCUT2D eigenvalue weighted by atomic mass is 14.2. The normalized spacial score (nSPS) is 14.1. The van der Waals surface area contributed by atoms with E-state index in [1.165, 1.54) is 25.7 Å². The van der Waals surface area contributed by atoms with Gasteiger partial charge in [0, 0.05) is 0 Å². The van der Waals surface area contributed by atoms with Crippen LogP contribution in [0.2, 0.25) is 0 Å². The summed E-state index contributed by atoms with van der Waals surface area (Å²) in [5.74, 6) is 0. The van der Waals surface area contributed by atoms with Crippen molar-refractivity contribution in [1.82, 2.24) is 0 Å². The minimum absolute atomic E-state index is 1.11. The molecule has 0 unspecified atom stereocenters. The van der Waals surface area contributed by atoms with Gasteiger partial charge in [-0.2, -0.15) is 0 Å². The van der Waals surface area contributed by atoms with Crippen LogP contribution in [-0.4, -0.2) is 6.72 Å². The smallest absolute Gasteiger partial charge is 0.00947 e. The summed E-state index contributed by atoms with van der Waals surface area (Å²) in [6.07, 6.45) is 10.8. The second-order valence-electron chi connectivity index (χ2n) is 4.04. The lowest BCUT2D eigenvalue weighted by Gasteiger charge is -2.18. The standard InChI is InChI=1S/C14H18.CH3N/c1-2-3-7-12-9-6-10-13-8-4-5-11-14(12)13;1-2/h2-3,6,9-10H,4-5,7-8,11H2,1H3;2H,1H2/b3-2+;. The lowest BCUT2D eigenvalue weighted by Crippen LogP contribution is -2.05. The lowest BCUT2D eigenvalue weighted by atomic mass is 9.87. The molecule has 1 aliphatic carbocycles. The van der Waals surface area contributed by atoms with Crippen LogP contribution in [0, 0.1) is 5.41 Å². The van der Waals surface area contributed by atoms with Crippen molar-refractivity contribution in [3.63, 3.8) is 0 Å². The maximum absolute atomic E-state index is 5.50. The Balaban J connectivity index is 0.000000606. The molecular weight excluding hydrogens is 194 g/mol. The Bertz CT molecular complexity index is 352. The predicted octanol–water partition coefficient (Wildman–Crippen LogP) is 3.95. The fraction of sp³-hybridized carbons (Fsp3) is 0.400. The molecule has 0 spiro atoms. The van der Waals surface area contributed by atoms with Gasteiger partial charge in [-0.05, 0) is 62.4 Å². The molecule has 1 heteroatoms. The number of benzene rings is 1. The topological polar surface area (TPSA) is 23.9 Å². The highest BCUT2D eigenvalue weighted by Crippen LogP contribution is 2.24. The van der Waals surface area contributed by atoms with Crippen LogP contribution in [0.25, 0.3) is 0 Å². The Morgan fingerprint density at radius 3 is 2.75 bits per heavy atom. The number of allylic oxidation sites excluding steroid dienone is 2. The van der Waals surface area contributed by atoms with Crippen molar-refractivity contribution >= 4 is 6.72 Å². The van der Waals surface area contributed by atoms with Crippen LogP contribution in [0.1, 0.15) is 36.5 Å². The van der Waals surface area contributed by atoms with E-state index in [-0.39, 0.29) is 0 Å². The Morgan fingerprint density at radius 1 is 1.25 bits per heavy atom. The van der Waals surface area contributed by atoms with E-state index in [1.807, 2.05) is 0 Å². The zero-order chi connectivity index (χ0) is 11.8. The van der Waals surface area contributed by atoms with Crippen molar-refractivity contribution in [3.05, 3.63) is 47.0 Å². The Hall–Kier alpha value is -1.37. The second kappa shape index (κ2) is 7.00. The zero-order valence-electron chi connectivity index (χ0n) is 10.1. The van der Waals surface area contributed by atoms with Gasteiger partial charge in [0.15, 0.2) is 0 Å². The van der Waals surface area contributed by atoms with Crippen LogP contribution in [0.5, 0.6) is 0 Å². The first-order chi connectivity index (χ1) is 7.92. The van der Waals surface area contributed by atoms with E-state index < -0.39 is 0 Å². The summed E-state index contributed by atoms with van der Waals surface area (Å²) in [6.45, 7) is 4.59. The number of aryl methyl sites for hydroxylation is 1. The Kier molecular flexibility index (Phi) is 5.55. The van der Waals surface area contributed by atoms with Crippen molar-refractivity contribution in [3.8, 4) is 0 Å². The summed E-state index contributed by atoms with van der Waals surface area (Å²) in [7, 11) is 0. The number of hydrogen-bond acceptors (Lipinski definition) is 1. The molecule has 1 aromatic rings. The maximum Gasteiger partial charge on any atom is -0.00947 e. The first-order valence-corrected chi connectivity index (χ1v) is 5.98. The van der Waals surface area contributed by atoms with Gasteiger partial charge < -0.3 is 5.41 Å². The van der Waals surface area contributed by atoms with Gasteiger partial charge in [0.25, 0.3) is 0 Å². The highest BCUT2D eigenvalue weighted by molar-refractivity contribution is 5.38. The molecule has 0 radical (unpaired) electrons. The number of hydrogen-bond donors (Lipinski definition) is 1. The van der Waals surface area contributed by atoms with E-state index in [1.54, 1.807) is 16.7 Å². The molecule has 0 saturated heterocycles. The zero-order valence-corrected chi connectivity index (χ0v) is 10.1. The van der Waals surface area contributed by atoms with E-state index in [0.717, 1.165) is 6.42 Å². The molecule has 1 N–H and O–H groups in total.